The molecule has 0 spiro atoms. The van der Waals surface area contributed by atoms with Gasteiger partial charge in [0.05, 0.1) is 6.10 Å². The Kier molecular flexibility index (Phi) is 6.49. The fraction of sp³-hybridized carbons (Fsp3) is 0.962. The first-order valence-electron chi connectivity index (χ1n) is 12.9. The average molecular weight is 430 g/mol. The molecule has 0 N–H and O–H groups in total. The number of azide groups is 1. The van der Waals surface area contributed by atoms with Crippen molar-refractivity contribution in [2.24, 2.45) is 57.4 Å². The fourth-order valence-electron chi connectivity index (χ4n) is 9.00. The Bertz CT molecular complexity index is 734. The van der Waals surface area contributed by atoms with Crippen LogP contribution in [-0.2, 0) is 9.53 Å². The number of carbonyl (C=O) groups excluding carboxylic acids is 1. The molecule has 174 valence electrons. The van der Waals surface area contributed by atoms with Gasteiger partial charge in [-0.05, 0) is 104 Å². The SMILES string of the molecule is CC(=O)[C@H]1CC[C@H]2[C@@H]3[C@H](OCCCN=[N+]=[N-])C[C@@H]4C[C@H](C)CC[C@]4(C)[C@H]3C[C@H](C)[C@]12C. The molecular weight excluding hydrogens is 386 g/mol. The Hall–Kier alpha value is -1.06. The highest BCUT2D eigenvalue weighted by Crippen LogP contribution is 2.69. The third-order valence-corrected chi connectivity index (χ3v) is 10.8. The van der Waals surface area contributed by atoms with Gasteiger partial charge in [0.1, 0.15) is 5.78 Å². The van der Waals surface area contributed by atoms with Crippen LogP contribution in [0.25, 0.3) is 10.4 Å². The Morgan fingerprint density at radius 1 is 1.13 bits per heavy atom. The molecule has 4 rings (SSSR count). The molecule has 5 heteroatoms. The van der Waals surface area contributed by atoms with Crippen LogP contribution in [0, 0.1) is 52.3 Å². The van der Waals surface area contributed by atoms with E-state index in [1.54, 1.807) is 0 Å². The van der Waals surface area contributed by atoms with E-state index in [9.17, 15) is 4.79 Å². The number of nitrogens with zero attached hydrogens (tertiary/aromatic N) is 3. The number of fused-ring (bicyclic) bond motifs is 5. The molecule has 0 radical (unpaired) electrons. The summed E-state index contributed by atoms with van der Waals surface area (Å²) < 4.78 is 6.64. The molecule has 0 aromatic heterocycles. The summed E-state index contributed by atoms with van der Waals surface area (Å²) in [5.41, 5.74) is 9.11. The van der Waals surface area contributed by atoms with Crippen LogP contribution in [0.1, 0.15) is 86.0 Å². The zero-order valence-electron chi connectivity index (χ0n) is 20.3. The molecule has 31 heavy (non-hydrogen) atoms. The second kappa shape index (κ2) is 8.71. The summed E-state index contributed by atoms with van der Waals surface area (Å²) in [6, 6.07) is 0. The minimum Gasteiger partial charge on any atom is -0.378 e. The first-order valence-corrected chi connectivity index (χ1v) is 12.9. The van der Waals surface area contributed by atoms with Crippen molar-refractivity contribution in [3.63, 3.8) is 0 Å². The van der Waals surface area contributed by atoms with E-state index < -0.39 is 0 Å². The Balaban J connectivity index is 1.64. The molecule has 10 atom stereocenters. The van der Waals surface area contributed by atoms with Crippen LogP contribution in [0.5, 0.6) is 0 Å². The molecule has 0 bridgehead atoms. The van der Waals surface area contributed by atoms with E-state index in [2.05, 4.69) is 37.7 Å². The maximum atomic E-state index is 12.6. The molecule has 0 saturated heterocycles. The van der Waals surface area contributed by atoms with Gasteiger partial charge in [-0.25, -0.2) is 0 Å². The van der Waals surface area contributed by atoms with E-state index in [0.29, 0.717) is 54.1 Å². The third kappa shape index (κ3) is 3.74. The number of carbonyl (C=O) groups is 1. The van der Waals surface area contributed by atoms with Crippen LogP contribution in [-0.4, -0.2) is 25.0 Å². The Morgan fingerprint density at radius 2 is 1.90 bits per heavy atom. The largest absolute Gasteiger partial charge is 0.378 e. The van der Waals surface area contributed by atoms with Gasteiger partial charge in [-0.3, -0.25) is 4.79 Å². The highest BCUT2D eigenvalue weighted by Gasteiger charge is 2.65. The summed E-state index contributed by atoms with van der Waals surface area (Å²) in [7, 11) is 0. The Morgan fingerprint density at radius 3 is 2.61 bits per heavy atom. The highest BCUT2D eigenvalue weighted by atomic mass is 16.5. The molecule has 0 aliphatic heterocycles. The van der Waals surface area contributed by atoms with Gasteiger partial charge < -0.3 is 4.74 Å². The molecule has 4 aliphatic carbocycles. The minimum atomic E-state index is 0.116. The van der Waals surface area contributed by atoms with E-state index in [4.69, 9.17) is 10.3 Å². The molecular formula is C26H43N3O2. The molecule has 0 unspecified atom stereocenters. The molecule has 4 saturated carbocycles. The molecule has 4 fully saturated rings. The summed E-state index contributed by atoms with van der Waals surface area (Å²) in [4.78, 5) is 15.5. The third-order valence-electron chi connectivity index (χ3n) is 10.8. The average Bonchev–Trinajstić information content (AvgIpc) is 3.08. The van der Waals surface area contributed by atoms with Gasteiger partial charge in [-0.2, -0.15) is 0 Å². The summed E-state index contributed by atoms with van der Waals surface area (Å²) in [5.74, 6) is 4.65. The fourth-order valence-corrected chi connectivity index (χ4v) is 9.00. The lowest BCUT2D eigenvalue weighted by Crippen LogP contribution is -2.60. The van der Waals surface area contributed by atoms with Gasteiger partial charge in [-0.1, -0.05) is 39.2 Å². The smallest absolute Gasteiger partial charge is 0.133 e. The standard InChI is InChI=1S/C26H43N3O2/c1-16-9-10-25(4)19(13-16)15-23(31-12-6-11-28-29-27)24-21-8-7-20(18(3)30)26(21,5)17(2)14-22(24)25/h16-17,19-24H,6-15H2,1-5H3/t16-,17+,19+,20-,21+,22+,23-,24+,25+,26-/m1/s1. The van der Waals surface area contributed by atoms with Crippen molar-refractivity contribution in [3.8, 4) is 0 Å². The predicted octanol–water partition coefficient (Wildman–Crippen LogP) is 6.81. The number of Topliss-reactive ketones (excluding diaryl/α,β-unsaturated/α-hetero) is 1. The molecule has 0 heterocycles. The number of ether oxygens (including phenoxy) is 1. The van der Waals surface area contributed by atoms with Crippen molar-refractivity contribution < 1.29 is 9.53 Å². The molecule has 4 aliphatic rings. The van der Waals surface area contributed by atoms with E-state index in [-0.39, 0.29) is 11.3 Å². The van der Waals surface area contributed by atoms with Gasteiger partial charge in [0, 0.05) is 24.0 Å². The van der Waals surface area contributed by atoms with E-state index in [1.165, 1.54) is 38.5 Å². The van der Waals surface area contributed by atoms with Crippen LogP contribution in [0.4, 0.5) is 0 Å². The zero-order chi connectivity index (χ0) is 22.4. The lowest BCUT2D eigenvalue weighted by atomic mass is 9.41. The van der Waals surface area contributed by atoms with E-state index >= 15 is 0 Å². The van der Waals surface area contributed by atoms with Gasteiger partial charge >= 0.3 is 0 Å². The normalized spacial score (nSPS) is 48.8. The number of hydrogen-bond acceptors (Lipinski definition) is 3. The number of ketones is 1. The first kappa shape index (κ1) is 23.1. The van der Waals surface area contributed by atoms with Crippen LogP contribution in [0.3, 0.4) is 0 Å². The minimum absolute atomic E-state index is 0.116. The van der Waals surface area contributed by atoms with Gasteiger partial charge in [0.2, 0.25) is 0 Å². The highest BCUT2D eigenvalue weighted by molar-refractivity contribution is 5.79. The van der Waals surface area contributed by atoms with Crippen LogP contribution in [0.15, 0.2) is 5.11 Å². The summed E-state index contributed by atoms with van der Waals surface area (Å²) in [5, 5.41) is 3.69. The monoisotopic (exact) mass is 429 g/mol. The second-order valence-electron chi connectivity index (χ2n) is 12.1. The van der Waals surface area contributed by atoms with E-state index in [1.807, 2.05) is 6.92 Å². The van der Waals surface area contributed by atoms with Crippen molar-refractivity contribution in [1.82, 2.24) is 0 Å². The van der Waals surface area contributed by atoms with Gasteiger partial charge in [0.25, 0.3) is 0 Å². The van der Waals surface area contributed by atoms with Crippen molar-refractivity contribution in [2.45, 2.75) is 92.1 Å². The Labute approximate surface area is 188 Å². The van der Waals surface area contributed by atoms with Crippen LogP contribution >= 0.6 is 0 Å². The topological polar surface area (TPSA) is 75.1 Å². The maximum absolute atomic E-state index is 12.6. The summed E-state index contributed by atoms with van der Waals surface area (Å²) in [6.45, 7) is 12.9. The van der Waals surface area contributed by atoms with Crippen molar-refractivity contribution in [2.75, 3.05) is 13.2 Å². The summed E-state index contributed by atoms with van der Waals surface area (Å²) in [6.07, 6.45) is 9.82. The van der Waals surface area contributed by atoms with E-state index in [0.717, 1.165) is 24.7 Å². The zero-order valence-corrected chi connectivity index (χ0v) is 20.3. The van der Waals surface area contributed by atoms with Crippen molar-refractivity contribution in [1.29, 1.82) is 0 Å². The predicted molar refractivity (Wildman–Crippen MR) is 123 cm³/mol. The maximum Gasteiger partial charge on any atom is 0.133 e. The molecule has 5 nitrogen and oxygen atoms in total. The molecule has 0 aromatic carbocycles. The van der Waals surface area contributed by atoms with Gasteiger partial charge in [0.15, 0.2) is 0 Å². The second-order valence-corrected chi connectivity index (χ2v) is 12.1. The molecule has 0 amide bonds. The van der Waals surface area contributed by atoms with Crippen molar-refractivity contribution >= 4 is 5.78 Å². The lowest BCUT2D eigenvalue weighted by molar-refractivity contribution is -0.196. The number of rotatable bonds is 6. The van der Waals surface area contributed by atoms with Crippen LogP contribution < -0.4 is 0 Å². The first-order chi connectivity index (χ1) is 14.7. The lowest BCUT2D eigenvalue weighted by Gasteiger charge is -2.64. The van der Waals surface area contributed by atoms with Crippen molar-refractivity contribution in [3.05, 3.63) is 10.4 Å². The van der Waals surface area contributed by atoms with Crippen LogP contribution in [0.2, 0.25) is 0 Å². The molecule has 0 aromatic rings. The van der Waals surface area contributed by atoms with Gasteiger partial charge in [-0.15, -0.1) is 0 Å². The number of hydrogen-bond donors (Lipinski definition) is 0. The summed E-state index contributed by atoms with van der Waals surface area (Å²) >= 11 is 0. The quantitative estimate of drug-likeness (QED) is 0.201.